The van der Waals surface area contributed by atoms with Gasteiger partial charge in [0.15, 0.2) is 0 Å². The van der Waals surface area contributed by atoms with Crippen LogP contribution in [0.2, 0.25) is 0 Å². The molecule has 2 aromatic rings. The predicted octanol–water partition coefficient (Wildman–Crippen LogP) is 4.95. The molecule has 2 saturated heterocycles. The minimum atomic E-state index is 0.578. The Labute approximate surface area is 141 Å². The molecule has 3 heterocycles. The van der Waals surface area contributed by atoms with Crippen molar-refractivity contribution in [2.75, 3.05) is 11.4 Å². The summed E-state index contributed by atoms with van der Waals surface area (Å²) >= 11 is 1.88. The highest BCUT2D eigenvalue weighted by Crippen LogP contribution is 2.48. The Balaban J connectivity index is 1.62. The average Bonchev–Trinajstić information content (AvgIpc) is 2.62. The maximum atomic E-state index is 3.71. The summed E-state index contributed by atoms with van der Waals surface area (Å²) in [7, 11) is 0. The van der Waals surface area contributed by atoms with E-state index in [4.69, 9.17) is 0 Å². The van der Waals surface area contributed by atoms with E-state index >= 15 is 0 Å². The molecule has 0 spiro atoms. The molecule has 2 unspecified atom stereocenters. The molecule has 1 aliphatic carbocycles. The van der Waals surface area contributed by atoms with Crippen molar-refractivity contribution in [2.45, 2.75) is 35.1 Å². The molecular weight excluding hydrogens is 300 g/mol. The van der Waals surface area contributed by atoms with Gasteiger partial charge in [-0.25, -0.2) is 0 Å². The minimum Gasteiger partial charge on any atom is -0.315 e. The molecule has 1 N–H and O–H groups in total. The van der Waals surface area contributed by atoms with Crippen LogP contribution < -0.4 is 10.2 Å². The monoisotopic (exact) mass is 320 g/mol. The number of rotatable bonds is 1. The Kier molecular flexibility index (Phi) is 3.24. The molecule has 4 aliphatic rings. The lowest BCUT2D eigenvalue weighted by Gasteiger charge is -2.40. The smallest absolute Gasteiger partial charge is 0.0595 e. The second-order valence-electron chi connectivity index (χ2n) is 6.72. The molecule has 0 radical (unpaired) electrons. The molecule has 0 aromatic heterocycles. The lowest BCUT2D eigenvalue weighted by atomic mass is 9.78. The molecule has 3 fully saturated rings. The van der Waals surface area contributed by atoms with Crippen molar-refractivity contribution in [1.29, 1.82) is 0 Å². The number of hydrogen-bond donors (Lipinski definition) is 1. The van der Waals surface area contributed by atoms with Crippen LogP contribution in [0.15, 0.2) is 70.1 Å². The maximum absolute atomic E-state index is 3.71. The highest BCUT2D eigenvalue weighted by molar-refractivity contribution is 7.99. The van der Waals surface area contributed by atoms with Gasteiger partial charge in [-0.2, -0.15) is 0 Å². The van der Waals surface area contributed by atoms with Crippen LogP contribution in [0.5, 0.6) is 0 Å². The van der Waals surface area contributed by atoms with E-state index in [1.54, 1.807) is 5.57 Å². The van der Waals surface area contributed by atoms with Crippen LogP contribution >= 0.6 is 11.8 Å². The van der Waals surface area contributed by atoms with E-state index in [0.29, 0.717) is 6.04 Å². The van der Waals surface area contributed by atoms with Crippen molar-refractivity contribution < 1.29 is 0 Å². The van der Waals surface area contributed by atoms with Gasteiger partial charge in [-0.1, -0.05) is 36.0 Å². The Hall–Kier alpha value is -1.71. The third-order valence-electron chi connectivity index (χ3n) is 5.25. The topological polar surface area (TPSA) is 15.3 Å². The van der Waals surface area contributed by atoms with Crippen LogP contribution in [0.4, 0.5) is 11.4 Å². The molecule has 2 bridgehead atoms. The Morgan fingerprint density at radius 2 is 1.65 bits per heavy atom. The predicted molar refractivity (Wildman–Crippen MR) is 96.4 cm³/mol. The fourth-order valence-corrected chi connectivity index (χ4v) is 5.13. The highest BCUT2D eigenvalue weighted by atomic mass is 32.2. The molecule has 116 valence electrons. The van der Waals surface area contributed by atoms with Crippen molar-refractivity contribution in [2.24, 2.45) is 5.92 Å². The highest BCUT2D eigenvalue weighted by Gasteiger charge is 2.32. The third kappa shape index (κ3) is 2.30. The summed E-state index contributed by atoms with van der Waals surface area (Å²) in [4.78, 5) is 5.10. The zero-order chi connectivity index (χ0) is 15.2. The van der Waals surface area contributed by atoms with E-state index in [2.05, 4.69) is 64.9 Å². The van der Waals surface area contributed by atoms with E-state index in [1.165, 1.54) is 47.0 Å². The van der Waals surface area contributed by atoms with Crippen LogP contribution in [0.1, 0.15) is 19.3 Å². The van der Waals surface area contributed by atoms with Gasteiger partial charge < -0.3 is 10.2 Å². The fourth-order valence-electron chi connectivity index (χ4n) is 4.06. The van der Waals surface area contributed by atoms with Gasteiger partial charge in [0.2, 0.25) is 0 Å². The number of fused-ring (bicyclic) bond motifs is 5. The van der Waals surface area contributed by atoms with Gasteiger partial charge in [0.25, 0.3) is 0 Å². The normalized spacial score (nSPS) is 27.0. The Morgan fingerprint density at radius 3 is 2.22 bits per heavy atom. The summed E-state index contributed by atoms with van der Waals surface area (Å²) in [5.41, 5.74) is 4.19. The van der Waals surface area contributed by atoms with E-state index in [-0.39, 0.29) is 0 Å². The first-order valence-electron chi connectivity index (χ1n) is 8.47. The number of nitrogens with one attached hydrogen (secondary N) is 1. The molecule has 2 aromatic carbocycles. The first kappa shape index (κ1) is 13.7. The van der Waals surface area contributed by atoms with Gasteiger partial charge >= 0.3 is 0 Å². The summed E-state index contributed by atoms with van der Waals surface area (Å²) in [6.07, 6.45) is 6.35. The SMILES string of the molecule is C(=C1CC2CCC1NC2)N1c2ccccc2Sc2ccccc21. The standard InChI is InChI=1S/C20H20N2S/c1-3-7-19-17(5-1)22(18-6-2-4-8-20(18)23-19)13-15-11-14-9-10-16(15)21-12-14/h1-8,13-14,16,21H,9-12H2. The van der Waals surface area contributed by atoms with Crippen LogP contribution in [0.25, 0.3) is 0 Å². The Morgan fingerprint density at radius 1 is 0.957 bits per heavy atom. The van der Waals surface area contributed by atoms with Crippen molar-refractivity contribution >= 4 is 23.1 Å². The Bertz CT molecular complexity index is 729. The first-order valence-corrected chi connectivity index (χ1v) is 9.29. The molecule has 2 atom stereocenters. The van der Waals surface area contributed by atoms with Crippen molar-refractivity contribution in [3.63, 3.8) is 0 Å². The van der Waals surface area contributed by atoms with E-state index in [1.807, 2.05) is 11.8 Å². The zero-order valence-corrected chi connectivity index (χ0v) is 13.9. The third-order valence-corrected chi connectivity index (χ3v) is 6.38. The lowest BCUT2D eigenvalue weighted by molar-refractivity contribution is 0.273. The summed E-state index contributed by atoms with van der Waals surface area (Å²) in [6, 6.07) is 18.1. The van der Waals surface area contributed by atoms with Gasteiger partial charge in [-0.05, 0) is 61.6 Å². The molecule has 1 saturated carbocycles. The van der Waals surface area contributed by atoms with Crippen LogP contribution in [0.3, 0.4) is 0 Å². The fraction of sp³-hybridized carbons (Fsp3) is 0.300. The second-order valence-corrected chi connectivity index (χ2v) is 7.80. The van der Waals surface area contributed by atoms with Crippen LogP contribution in [-0.2, 0) is 0 Å². The minimum absolute atomic E-state index is 0.578. The van der Waals surface area contributed by atoms with E-state index in [9.17, 15) is 0 Å². The number of para-hydroxylation sites is 2. The van der Waals surface area contributed by atoms with Gasteiger partial charge in [-0.3, -0.25) is 0 Å². The van der Waals surface area contributed by atoms with Crippen molar-refractivity contribution in [1.82, 2.24) is 5.32 Å². The molecule has 2 nitrogen and oxygen atoms in total. The maximum Gasteiger partial charge on any atom is 0.0595 e. The number of hydrogen-bond acceptors (Lipinski definition) is 3. The number of anilines is 2. The molecule has 0 amide bonds. The molecule has 3 heteroatoms. The number of nitrogens with zero attached hydrogens (tertiary/aromatic N) is 1. The van der Waals surface area contributed by atoms with Gasteiger partial charge in [0, 0.05) is 22.0 Å². The van der Waals surface area contributed by atoms with E-state index < -0.39 is 0 Å². The summed E-state index contributed by atoms with van der Waals surface area (Å²) in [5, 5.41) is 3.71. The summed E-state index contributed by atoms with van der Waals surface area (Å²) in [6.45, 7) is 1.20. The van der Waals surface area contributed by atoms with Crippen LogP contribution in [0, 0.1) is 5.92 Å². The van der Waals surface area contributed by atoms with E-state index in [0.717, 1.165) is 5.92 Å². The van der Waals surface area contributed by atoms with Crippen molar-refractivity contribution in [3.8, 4) is 0 Å². The van der Waals surface area contributed by atoms with Crippen molar-refractivity contribution in [3.05, 3.63) is 60.3 Å². The molecule has 23 heavy (non-hydrogen) atoms. The number of benzene rings is 2. The quantitative estimate of drug-likeness (QED) is 0.801. The largest absolute Gasteiger partial charge is 0.315 e. The first-order chi connectivity index (χ1) is 11.4. The number of piperidine rings is 2. The van der Waals surface area contributed by atoms with Gasteiger partial charge in [-0.15, -0.1) is 0 Å². The average molecular weight is 320 g/mol. The molecular formula is C20H20N2S. The van der Waals surface area contributed by atoms with Gasteiger partial charge in [0.05, 0.1) is 11.4 Å². The molecule has 6 rings (SSSR count). The summed E-state index contributed by atoms with van der Waals surface area (Å²) < 4.78 is 0. The second kappa shape index (κ2) is 5.43. The molecule has 3 aliphatic heterocycles. The van der Waals surface area contributed by atoms with Crippen LogP contribution in [-0.4, -0.2) is 12.6 Å². The van der Waals surface area contributed by atoms with Gasteiger partial charge in [0.1, 0.15) is 0 Å². The summed E-state index contributed by atoms with van der Waals surface area (Å²) in [5.74, 6) is 0.830. The lowest BCUT2D eigenvalue weighted by Crippen LogP contribution is -2.46. The zero-order valence-electron chi connectivity index (χ0n) is 13.0.